The van der Waals surface area contributed by atoms with Gasteiger partial charge < -0.3 is 5.32 Å². The van der Waals surface area contributed by atoms with Crippen molar-refractivity contribution >= 4 is 0 Å². The number of aromatic nitrogens is 1. The Kier molecular flexibility index (Phi) is 3.14. The molecule has 0 aromatic carbocycles. The van der Waals surface area contributed by atoms with Gasteiger partial charge >= 0.3 is 0 Å². The first kappa shape index (κ1) is 9.66. The van der Waals surface area contributed by atoms with E-state index < -0.39 is 0 Å². The lowest BCUT2D eigenvalue weighted by Crippen LogP contribution is -2.35. The van der Waals surface area contributed by atoms with Crippen molar-refractivity contribution in [3.8, 4) is 0 Å². The minimum absolute atomic E-state index is 0.651. The zero-order chi connectivity index (χ0) is 9.80. The summed E-state index contributed by atoms with van der Waals surface area (Å²) in [5.41, 5.74) is 2.54. The number of aryl methyl sites for hydroxylation is 1. The van der Waals surface area contributed by atoms with E-state index in [9.17, 15) is 0 Å². The summed E-state index contributed by atoms with van der Waals surface area (Å²) in [7, 11) is 0. The summed E-state index contributed by atoms with van der Waals surface area (Å²) in [5.74, 6) is 0. The summed E-state index contributed by atoms with van der Waals surface area (Å²) in [6.45, 7) is 3.30. The van der Waals surface area contributed by atoms with Gasteiger partial charge in [-0.2, -0.15) is 0 Å². The van der Waals surface area contributed by atoms with Crippen molar-refractivity contribution in [2.24, 2.45) is 0 Å². The third kappa shape index (κ3) is 2.55. The van der Waals surface area contributed by atoms with Gasteiger partial charge in [-0.05, 0) is 44.0 Å². The van der Waals surface area contributed by atoms with Gasteiger partial charge in [0.25, 0.3) is 0 Å². The molecule has 2 nitrogen and oxygen atoms in total. The zero-order valence-corrected chi connectivity index (χ0v) is 8.79. The molecule has 1 fully saturated rings. The molecule has 0 bridgehead atoms. The van der Waals surface area contributed by atoms with Gasteiger partial charge in [0, 0.05) is 24.4 Å². The molecular formula is C12H18N2. The van der Waals surface area contributed by atoms with Crippen LogP contribution in [0.25, 0.3) is 0 Å². The Hall–Kier alpha value is -0.890. The summed E-state index contributed by atoms with van der Waals surface area (Å²) < 4.78 is 0. The molecule has 0 amide bonds. The molecule has 0 unspecified atom stereocenters. The van der Waals surface area contributed by atoms with Crippen LogP contribution >= 0.6 is 0 Å². The van der Waals surface area contributed by atoms with Crippen molar-refractivity contribution in [2.45, 2.75) is 38.6 Å². The molecule has 2 rings (SSSR count). The average Bonchev–Trinajstić information content (AvgIpc) is 2.19. The molecule has 1 aromatic rings. The Balaban J connectivity index is 1.95. The van der Waals surface area contributed by atoms with E-state index in [0.717, 1.165) is 6.42 Å². The van der Waals surface area contributed by atoms with Gasteiger partial charge in [-0.15, -0.1) is 0 Å². The number of rotatable bonds is 2. The maximum atomic E-state index is 4.39. The van der Waals surface area contributed by atoms with Gasteiger partial charge in [-0.1, -0.05) is 6.42 Å². The largest absolute Gasteiger partial charge is 0.314 e. The lowest BCUT2D eigenvalue weighted by Gasteiger charge is -2.23. The molecule has 14 heavy (non-hydrogen) atoms. The molecule has 2 heterocycles. The summed E-state index contributed by atoms with van der Waals surface area (Å²) in [6, 6.07) is 4.90. The predicted octanol–water partition coefficient (Wildman–Crippen LogP) is 2.07. The lowest BCUT2D eigenvalue weighted by atomic mass is 10.00. The standard InChI is InChI=1S/C12H18N2/c1-10-5-7-14-12(8-10)9-11-4-2-3-6-13-11/h5,7-8,11,13H,2-4,6,9H2,1H3/t11-/m0/s1. The minimum Gasteiger partial charge on any atom is -0.314 e. The Morgan fingerprint density at radius 3 is 3.14 bits per heavy atom. The molecule has 1 aliphatic rings. The third-order valence-corrected chi connectivity index (χ3v) is 2.84. The second kappa shape index (κ2) is 4.56. The van der Waals surface area contributed by atoms with Crippen LogP contribution in [0.4, 0.5) is 0 Å². The highest BCUT2D eigenvalue weighted by Gasteiger charge is 2.13. The zero-order valence-electron chi connectivity index (χ0n) is 8.79. The van der Waals surface area contributed by atoms with E-state index in [1.165, 1.54) is 37.1 Å². The first-order chi connectivity index (χ1) is 6.84. The fourth-order valence-corrected chi connectivity index (χ4v) is 2.06. The van der Waals surface area contributed by atoms with Crippen molar-refractivity contribution < 1.29 is 0 Å². The molecule has 0 radical (unpaired) electrons. The minimum atomic E-state index is 0.651. The van der Waals surface area contributed by atoms with E-state index in [2.05, 4.69) is 29.4 Å². The number of nitrogens with zero attached hydrogens (tertiary/aromatic N) is 1. The smallest absolute Gasteiger partial charge is 0.0421 e. The van der Waals surface area contributed by atoms with Gasteiger partial charge in [-0.3, -0.25) is 4.98 Å². The van der Waals surface area contributed by atoms with Crippen molar-refractivity contribution in [1.29, 1.82) is 0 Å². The quantitative estimate of drug-likeness (QED) is 0.772. The monoisotopic (exact) mass is 190 g/mol. The van der Waals surface area contributed by atoms with Gasteiger partial charge in [0.05, 0.1) is 0 Å². The molecule has 2 heteroatoms. The van der Waals surface area contributed by atoms with Crippen LogP contribution in [-0.2, 0) is 6.42 Å². The van der Waals surface area contributed by atoms with E-state index in [0.29, 0.717) is 6.04 Å². The maximum absolute atomic E-state index is 4.39. The number of pyridine rings is 1. The molecule has 1 N–H and O–H groups in total. The first-order valence-corrected chi connectivity index (χ1v) is 5.49. The molecule has 1 saturated heterocycles. The van der Waals surface area contributed by atoms with E-state index in [1.54, 1.807) is 0 Å². The molecule has 0 spiro atoms. The lowest BCUT2D eigenvalue weighted by molar-refractivity contribution is 0.397. The van der Waals surface area contributed by atoms with Crippen molar-refractivity contribution in [3.63, 3.8) is 0 Å². The summed E-state index contributed by atoms with van der Waals surface area (Å²) in [4.78, 5) is 4.39. The van der Waals surface area contributed by atoms with E-state index in [-0.39, 0.29) is 0 Å². The van der Waals surface area contributed by atoms with Gasteiger partial charge in [0.15, 0.2) is 0 Å². The highest BCUT2D eigenvalue weighted by atomic mass is 14.9. The highest BCUT2D eigenvalue weighted by molar-refractivity contribution is 5.15. The molecule has 1 aromatic heterocycles. The van der Waals surface area contributed by atoms with Crippen molar-refractivity contribution in [3.05, 3.63) is 29.6 Å². The molecule has 1 aliphatic heterocycles. The van der Waals surface area contributed by atoms with Crippen molar-refractivity contribution in [1.82, 2.24) is 10.3 Å². The van der Waals surface area contributed by atoms with E-state index in [4.69, 9.17) is 0 Å². The van der Waals surface area contributed by atoms with Crippen LogP contribution in [0.3, 0.4) is 0 Å². The first-order valence-electron chi connectivity index (χ1n) is 5.49. The van der Waals surface area contributed by atoms with E-state index in [1.807, 2.05) is 6.20 Å². The topological polar surface area (TPSA) is 24.9 Å². The molecule has 0 aliphatic carbocycles. The number of hydrogen-bond acceptors (Lipinski definition) is 2. The summed E-state index contributed by atoms with van der Waals surface area (Å²) >= 11 is 0. The Morgan fingerprint density at radius 2 is 2.43 bits per heavy atom. The maximum Gasteiger partial charge on any atom is 0.0421 e. The Morgan fingerprint density at radius 1 is 1.50 bits per heavy atom. The molecular weight excluding hydrogens is 172 g/mol. The number of hydrogen-bond donors (Lipinski definition) is 1. The van der Waals surface area contributed by atoms with Crippen LogP contribution in [-0.4, -0.2) is 17.6 Å². The second-order valence-electron chi connectivity index (χ2n) is 4.18. The van der Waals surface area contributed by atoms with Crippen LogP contribution in [0.15, 0.2) is 18.3 Å². The SMILES string of the molecule is Cc1ccnc(C[C@@H]2CCCCN2)c1. The van der Waals surface area contributed by atoms with Crippen LogP contribution in [0.5, 0.6) is 0 Å². The predicted molar refractivity (Wildman–Crippen MR) is 58.3 cm³/mol. The average molecular weight is 190 g/mol. The molecule has 76 valence electrons. The number of piperidine rings is 1. The highest BCUT2D eigenvalue weighted by Crippen LogP contribution is 2.11. The van der Waals surface area contributed by atoms with Crippen LogP contribution in [0.1, 0.15) is 30.5 Å². The number of nitrogens with one attached hydrogen (secondary N) is 1. The van der Waals surface area contributed by atoms with Gasteiger partial charge in [0.2, 0.25) is 0 Å². The summed E-state index contributed by atoms with van der Waals surface area (Å²) in [6.07, 6.45) is 6.99. The Bertz CT molecular complexity index is 290. The second-order valence-corrected chi connectivity index (χ2v) is 4.18. The van der Waals surface area contributed by atoms with Crippen LogP contribution in [0, 0.1) is 6.92 Å². The van der Waals surface area contributed by atoms with E-state index >= 15 is 0 Å². The normalized spacial score (nSPS) is 22.2. The van der Waals surface area contributed by atoms with Gasteiger partial charge in [0.1, 0.15) is 0 Å². The third-order valence-electron chi connectivity index (χ3n) is 2.84. The van der Waals surface area contributed by atoms with Crippen molar-refractivity contribution in [2.75, 3.05) is 6.54 Å². The molecule has 0 saturated carbocycles. The molecule has 1 atom stereocenters. The summed E-state index contributed by atoms with van der Waals surface area (Å²) in [5, 5.41) is 3.55. The van der Waals surface area contributed by atoms with Crippen LogP contribution in [0.2, 0.25) is 0 Å². The van der Waals surface area contributed by atoms with Gasteiger partial charge in [-0.25, -0.2) is 0 Å². The van der Waals surface area contributed by atoms with Crippen LogP contribution < -0.4 is 5.32 Å². The fraction of sp³-hybridized carbons (Fsp3) is 0.583. The Labute approximate surface area is 85.7 Å². The fourth-order valence-electron chi connectivity index (χ4n) is 2.06.